The van der Waals surface area contributed by atoms with Crippen molar-refractivity contribution in [2.75, 3.05) is 12.4 Å². The first-order chi connectivity index (χ1) is 12.3. The number of carbonyl (C=O) groups is 4. The maximum Gasteiger partial charge on any atom is 0.514 e. The summed E-state index contributed by atoms with van der Waals surface area (Å²) in [4.78, 5) is 44.7. The lowest BCUT2D eigenvalue weighted by Gasteiger charge is -2.12. The Morgan fingerprint density at radius 3 is 2.19 bits per heavy atom. The lowest BCUT2D eigenvalue weighted by atomic mass is 10.2. The van der Waals surface area contributed by atoms with Gasteiger partial charge in [0, 0.05) is 5.75 Å². The highest BCUT2D eigenvalue weighted by Crippen LogP contribution is 2.13. The largest absolute Gasteiger partial charge is 0.514 e. The Balaban J connectivity index is 0. The van der Waals surface area contributed by atoms with Gasteiger partial charge < -0.3 is 25.0 Å². The molecule has 0 saturated heterocycles. The predicted molar refractivity (Wildman–Crippen MR) is 96.9 cm³/mol. The van der Waals surface area contributed by atoms with Gasteiger partial charge in [-0.3, -0.25) is 4.79 Å². The minimum absolute atomic E-state index is 0.150. The molecule has 0 aromatic carbocycles. The van der Waals surface area contributed by atoms with Crippen LogP contribution in [0.2, 0.25) is 0 Å². The van der Waals surface area contributed by atoms with Crippen molar-refractivity contribution in [2.45, 2.75) is 26.8 Å². The summed E-state index contributed by atoms with van der Waals surface area (Å²) in [6.07, 6.45) is 2.19. The third-order valence-electron chi connectivity index (χ3n) is 2.37. The highest BCUT2D eigenvalue weighted by atomic mass is 32.1. The molecule has 3 N–H and O–H groups in total. The molecule has 0 aromatic rings. The predicted octanol–water partition coefficient (Wildman–Crippen LogP) is 1.77. The molecule has 0 radical (unpaired) electrons. The Hall–Kier alpha value is -2.75. The normalized spacial score (nSPS) is 12.0. The number of hydrogen-bond acceptors (Lipinski definition) is 7. The summed E-state index contributed by atoms with van der Waals surface area (Å²) in [5.74, 6) is -3.98. The number of thiol groups is 1. The second kappa shape index (κ2) is 14.6. The maximum absolute atomic E-state index is 11.5. The van der Waals surface area contributed by atoms with Crippen LogP contribution in [0.25, 0.3) is 0 Å². The van der Waals surface area contributed by atoms with Gasteiger partial charge in [-0.05, 0) is 19.1 Å². The zero-order chi connectivity index (χ0) is 20.7. The molecule has 26 heavy (non-hydrogen) atoms. The van der Waals surface area contributed by atoms with Crippen LogP contribution < -0.4 is 5.32 Å². The Kier molecular flexibility index (Phi) is 14.3. The van der Waals surface area contributed by atoms with Crippen LogP contribution in [0.15, 0.2) is 36.1 Å². The number of amides is 1. The van der Waals surface area contributed by atoms with Gasteiger partial charge in [0.25, 0.3) is 5.91 Å². The Bertz CT molecular complexity index is 583. The van der Waals surface area contributed by atoms with Crippen LogP contribution in [-0.4, -0.2) is 52.6 Å². The highest BCUT2D eigenvalue weighted by molar-refractivity contribution is 7.80. The molecule has 0 aliphatic rings. The van der Waals surface area contributed by atoms with E-state index >= 15 is 0 Å². The Morgan fingerprint density at radius 2 is 1.81 bits per heavy atom. The average molecular weight is 389 g/mol. The maximum atomic E-state index is 11.5. The molecule has 146 valence electrons. The molecule has 0 aromatic heterocycles. The first-order valence-corrected chi connectivity index (χ1v) is 8.10. The molecule has 1 unspecified atom stereocenters. The van der Waals surface area contributed by atoms with Crippen LogP contribution in [0.4, 0.5) is 4.79 Å². The van der Waals surface area contributed by atoms with Crippen molar-refractivity contribution in [3.05, 3.63) is 36.1 Å². The van der Waals surface area contributed by atoms with Gasteiger partial charge in [-0.2, -0.15) is 12.6 Å². The molecule has 0 rings (SSSR count). The molecule has 10 heteroatoms. The first-order valence-electron chi connectivity index (χ1n) is 7.47. The zero-order valence-corrected chi connectivity index (χ0v) is 15.6. The van der Waals surface area contributed by atoms with E-state index in [1.54, 1.807) is 0 Å². The third-order valence-corrected chi connectivity index (χ3v) is 2.74. The van der Waals surface area contributed by atoms with E-state index in [4.69, 9.17) is 14.9 Å². The van der Waals surface area contributed by atoms with E-state index in [1.807, 2.05) is 13.8 Å². The van der Waals surface area contributed by atoms with Gasteiger partial charge in [0.05, 0.1) is 0 Å². The Morgan fingerprint density at radius 1 is 1.23 bits per heavy atom. The topological polar surface area (TPSA) is 139 Å². The van der Waals surface area contributed by atoms with Gasteiger partial charge in [-0.15, -0.1) is 0 Å². The number of carboxylic acids is 2. The summed E-state index contributed by atoms with van der Waals surface area (Å²) >= 11 is 3.75. The smallest absolute Gasteiger partial charge is 0.480 e. The van der Waals surface area contributed by atoms with Crippen LogP contribution in [0, 0.1) is 0 Å². The number of ether oxygens (including phenoxy) is 2. The van der Waals surface area contributed by atoms with Crippen molar-refractivity contribution < 1.29 is 38.9 Å². The van der Waals surface area contributed by atoms with Crippen molar-refractivity contribution in [3.63, 3.8) is 0 Å². The van der Waals surface area contributed by atoms with Crippen molar-refractivity contribution in [1.29, 1.82) is 0 Å². The number of aliphatic carboxylic acids is 2. The van der Waals surface area contributed by atoms with E-state index in [2.05, 4.69) is 29.3 Å². The van der Waals surface area contributed by atoms with Crippen molar-refractivity contribution >= 4 is 36.6 Å². The molecular formula is C16H23NO8S. The van der Waals surface area contributed by atoms with Gasteiger partial charge >= 0.3 is 18.1 Å². The minimum atomic E-state index is -1.35. The van der Waals surface area contributed by atoms with Crippen molar-refractivity contribution in [1.82, 2.24) is 5.32 Å². The molecule has 0 saturated carbocycles. The van der Waals surface area contributed by atoms with E-state index in [-0.39, 0.29) is 17.1 Å². The summed E-state index contributed by atoms with van der Waals surface area (Å²) < 4.78 is 9.19. The number of hydrogen-bond donors (Lipinski definition) is 4. The zero-order valence-electron chi connectivity index (χ0n) is 14.7. The molecular weight excluding hydrogens is 366 g/mol. The monoisotopic (exact) mass is 389 g/mol. The fourth-order valence-corrected chi connectivity index (χ4v) is 1.56. The molecule has 9 nitrogen and oxygen atoms in total. The lowest BCUT2D eigenvalue weighted by Crippen LogP contribution is -2.43. The van der Waals surface area contributed by atoms with Crippen molar-refractivity contribution in [2.24, 2.45) is 0 Å². The molecule has 1 amide bonds. The minimum Gasteiger partial charge on any atom is -0.480 e. The molecule has 0 aliphatic carbocycles. The fourth-order valence-electron chi connectivity index (χ4n) is 1.31. The van der Waals surface area contributed by atoms with Gasteiger partial charge in [0.2, 0.25) is 0 Å². The number of carbonyl (C=O) groups excluding carboxylic acids is 2. The quantitative estimate of drug-likeness (QED) is 0.154. The second-order valence-corrected chi connectivity index (χ2v) is 4.42. The van der Waals surface area contributed by atoms with Crippen LogP contribution in [0.1, 0.15) is 20.8 Å². The molecule has 0 bridgehead atoms. The summed E-state index contributed by atoms with van der Waals surface area (Å²) in [6, 6.07) is -1.24. The Labute approximate surface area is 156 Å². The average Bonchev–Trinajstić information content (AvgIpc) is 2.61. The summed E-state index contributed by atoms with van der Waals surface area (Å²) in [5.41, 5.74) is -0.338. The molecule has 0 aliphatic heterocycles. The van der Waals surface area contributed by atoms with E-state index in [0.717, 1.165) is 6.08 Å². The fraction of sp³-hybridized carbons (Fsp3) is 0.375. The van der Waals surface area contributed by atoms with E-state index in [0.29, 0.717) is 0 Å². The number of nitrogens with one attached hydrogen (secondary N) is 1. The van der Waals surface area contributed by atoms with Crippen LogP contribution in [0.5, 0.6) is 0 Å². The van der Waals surface area contributed by atoms with Crippen LogP contribution >= 0.6 is 12.6 Å². The molecule has 1 atom stereocenters. The molecule has 0 fully saturated rings. The van der Waals surface area contributed by atoms with E-state index in [1.165, 1.54) is 19.1 Å². The number of rotatable bonds is 9. The third kappa shape index (κ3) is 10.2. The van der Waals surface area contributed by atoms with Crippen LogP contribution in [-0.2, 0) is 23.9 Å². The van der Waals surface area contributed by atoms with E-state index in [9.17, 15) is 19.2 Å². The lowest BCUT2D eigenvalue weighted by molar-refractivity contribution is -0.141. The molecule has 0 heterocycles. The van der Waals surface area contributed by atoms with Crippen molar-refractivity contribution in [3.8, 4) is 0 Å². The first kappa shape index (κ1) is 25.5. The van der Waals surface area contributed by atoms with Gasteiger partial charge in [0.1, 0.15) is 17.4 Å². The second-order valence-electron chi connectivity index (χ2n) is 4.06. The van der Waals surface area contributed by atoms with E-state index < -0.39 is 36.6 Å². The standard InChI is InChI=1S/C14H17NO8S.C2H6/c1-3-5-8(12(17)18)10(4-2)23-14(21)22-6-11(16)15-9(7-24)13(19)20;1-2/h3-5,9,24H,1,6-7H2,2H3,(H,15,16)(H,17,18)(H,19,20);1-2H3/b8-5+,10-4+;. The molecule has 0 spiro atoms. The number of allylic oxidation sites excluding steroid dienone is 3. The SMILES string of the molecule is C=C/C=C(C(=O)O)\C(=C/C)OC(=O)OCC(=O)NC(CS)C(=O)O.CC. The van der Waals surface area contributed by atoms with Gasteiger partial charge in [-0.1, -0.05) is 26.5 Å². The summed E-state index contributed by atoms with van der Waals surface area (Å²) in [7, 11) is 0. The van der Waals surface area contributed by atoms with Crippen LogP contribution in [0.3, 0.4) is 0 Å². The van der Waals surface area contributed by atoms with Gasteiger partial charge in [-0.25, -0.2) is 14.4 Å². The van der Waals surface area contributed by atoms with Gasteiger partial charge in [0.15, 0.2) is 6.61 Å². The summed E-state index contributed by atoms with van der Waals surface area (Å²) in [5, 5.41) is 19.8. The number of carboxylic acid groups (broad SMARTS) is 2. The summed E-state index contributed by atoms with van der Waals surface area (Å²) in [6.45, 7) is 7.97. The highest BCUT2D eigenvalue weighted by Gasteiger charge is 2.21.